The number of carbonyl (C=O) groups is 1. The van der Waals surface area contributed by atoms with Gasteiger partial charge in [0.2, 0.25) is 0 Å². The molecule has 0 spiro atoms. The molecule has 5 atom stereocenters. The molecule has 13 rings (SSSR count). The predicted octanol–water partition coefficient (Wildman–Crippen LogP) is 18.2. The van der Waals surface area contributed by atoms with Gasteiger partial charge in [0.25, 0.3) is 0 Å². The molecule has 1 heterocycles. The molecule has 1 N–H and O–H groups in total. The molecule has 78 heavy (non-hydrogen) atoms. The van der Waals surface area contributed by atoms with E-state index in [-0.39, 0.29) is 29.1 Å². The standard InChI is InChI=1S/C23H24O4.C18H28OSi.C15H23BrOSi.C12H14O/c1-25-23(24)11-15-13-26-22-12-16(7-8-18(15)22)27-21-10-9-19-17(14-5-6-14)3-2-4-20(19)21;1-18(2,3)20(4,5)19-17-12-11-15-14(13-9-10-13)7-6-8-16(15)17;1-15(2,3)18(4,5)17-14-10-9-11-12(14)7-6-8-13(11)16;13-12-7-6-10-9(8-4-5-8)2-1-3-11(10)12/h2-4,7-8,12,14-15,21H,5-6,9-11,13H2,1H3;6-8,13,17H,9-12H2,1-5H3;6-8,14H,9-10H2,1-5H3;1-3,8,12-13H,4-7H2/t15-,21-;17-;14-;12-/m1000/s1. The van der Waals surface area contributed by atoms with E-state index in [0.717, 1.165) is 73.3 Å². The summed E-state index contributed by atoms with van der Waals surface area (Å²) in [5, 5.41) is 10.3. The van der Waals surface area contributed by atoms with Gasteiger partial charge in [0.15, 0.2) is 16.6 Å². The summed E-state index contributed by atoms with van der Waals surface area (Å²) in [5.74, 6) is 3.98. The summed E-state index contributed by atoms with van der Waals surface area (Å²) in [4.78, 5) is 11.6. The molecule has 418 valence electrons. The average Bonchev–Trinajstić information content (AvgIpc) is 4.38. The van der Waals surface area contributed by atoms with Gasteiger partial charge in [0, 0.05) is 22.0 Å². The number of ether oxygens (including phenoxy) is 3. The van der Waals surface area contributed by atoms with Gasteiger partial charge < -0.3 is 28.2 Å². The van der Waals surface area contributed by atoms with Crippen molar-refractivity contribution in [1.29, 1.82) is 0 Å². The highest BCUT2D eigenvalue weighted by molar-refractivity contribution is 9.10. The van der Waals surface area contributed by atoms with Gasteiger partial charge in [-0.1, -0.05) is 130 Å². The number of methoxy groups -OCH3 is 1. The number of carbonyl (C=O) groups excluding carboxylic acids is 1. The summed E-state index contributed by atoms with van der Waals surface area (Å²) >= 11 is 3.65. The van der Waals surface area contributed by atoms with Crippen LogP contribution in [-0.2, 0) is 44.1 Å². The number of aliphatic hydroxyl groups excluding tert-OH is 1. The molecule has 0 bridgehead atoms. The highest BCUT2D eigenvalue weighted by atomic mass is 79.9. The summed E-state index contributed by atoms with van der Waals surface area (Å²) in [6.07, 6.45) is 17.9. The van der Waals surface area contributed by atoms with E-state index in [4.69, 9.17) is 23.1 Å². The molecule has 10 heteroatoms. The third-order valence-corrected chi connectivity index (χ3v) is 29.0. The summed E-state index contributed by atoms with van der Waals surface area (Å²) < 4.78 is 31.4. The SMILES string of the molecule is CC(C)(C)[Si](C)(C)O[C@H]1CCc2c(Br)cccc21.CC(C)(C)[Si](C)(C)O[C@H]1CCc2c(C3CC3)cccc21.COC(=O)C[C@@H]1COc2cc(O[C@@H]3CCc4c(C5CC5)cccc43)ccc21.O[C@H]1CCc2c(C3CC3)cccc21. The van der Waals surface area contributed by atoms with Crippen molar-refractivity contribution in [3.63, 3.8) is 0 Å². The maximum absolute atomic E-state index is 11.6. The summed E-state index contributed by atoms with van der Waals surface area (Å²) in [6, 6.07) is 32.5. The average molecular weight is 1150 g/mol. The van der Waals surface area contributed by atoms with Gasteiger partial charge >= 0.3 is 5.97 Å². The lowest BCUT2D eigenvalue weighted by Gasteiger charge is -2.38. The molecule has 3 fully saturated rings. The zero-order chi connectivity index (χ0) is 55.3. The Balaban J connectivity index is 0.000000121. The van der Waals surface area contributed by atoms with Crippen molar-refractivity contribution in [2.24, 2.45) is 0 Å². The van der Waals surface area contributed by atoms with Crippen molar-refractivity contribution in [2.75, 3.05) is 13.7 Å². The predicted molar refractivity (Wildman–Crippen MR) is 324 cm³/mol. The van der Waals surface area contributed by atoms with Crippen LogP contribution in [-0.4, -0.2) is 41.4 Å². The second kappa shape index (κ2) is 23.1. The lowest BCUT2D eigenvalue weighted by Crippen LogP contribution is -2.41. The molecule has 8 aliphatic rings. The molecule has 0 amide bonds. The highest BCUT2D eigenvalue weighted by Gasteiger charge is 2.43. The van der Waals surface area contributed by atoms with Gasteiger partial charge in [-0.2, -0.15) is 0 Å². The third kappa shape index (κ3) is 12.7. The molecule has 1 aliphatic heterocycles. The zero-order valence-corrected chi connectivity index (χ0v) is 52.5. The number of aliphatic hydroxyl groups is 1. The Morgan fingerprint density at radius 3 is 1.47 bits per heavy atom. The summed E-state index contributed by atoms with van der Waals surface area (Å²) in [5.41, 5.74) is 17.2. The van der Waals surface area contributed by atoms with Crippen LogP contribution < -0.4 is 9.47 Å². The van der Waals surface area contributed by atoms with Crippen LogP contribution in [0, 0.1) is 0 Å². The first kappa shape index (κ1) is 57.2. The lowest BCUT2D eigenvalue weighted by atomic mass is 9.98. The normalized spacial score (nSPS) is 22.7. The van der Waals surface area contributed by atoms with Crippen LogP contribution >= 0.6 is 15.9 Å². The molecule has 0 saturated heterocycles. The first-order valence-corrected chi connectivity index (χ1v) is 36.4. The summed E-state index contributed by atoms with van der Waals surface area (Å²) in [6.45, 7) is 23.8. The van der Waals surface area contributed by atoms with Gasteiger partial charge in [-0.25, -0.2) is 0 Å². The van der Waals surface area contributed by atoms with Gasteiger partial charge in [0.1, 0.15) is 17.6 Å². The number of hydrogen-bond acceptors (Lipinski definition) is 7. The maximum atomic E-state index is 11.6. The highest BCUT2D eigenvalue weighted by Crippen LogP contribution is 2.51. The lowest BCUT2D eigenvalue weighted by molar-refractivity contribution is -0.141. The quantitative estimate of drug-likeness (QED) is 0.104. The van der Waals surface area contributed by atoms with E-state index in [0.29, 0.717) is 30.3 Å². The minimum Gasteiger partial charge on any atom is -0.492 e. The topological polar surface area (TPSA) is 83.5 Å². The first-order valence-electron chi connectivity index (χ1n) is 29.8. The second-order valence-electron chi connectivity index (χ2n) is 26.9. The van der Waals surface area contributed by atoms with E-state index in [1.807, 2.05) is 18.2 Å². The van der Waals surface area contributed by atoms with E-state index < -0.39 is 16.6 Å². The van der Waals surface area contributed by atoms with Crippen LogP contribution in [0.1, 0.15) is 227 Å². The largest absolute Gasteiger partial charge is 0.492 e. The Morgan fingerprint density at radius 1 is 0.551 bits per heavy atom. The monoisotopic (exact) mass is 1150 g/mol. The molecule has 5 aromatic rings. The Hall–Kier alpha value is -4.04. The minimum absolute atomic E-state index is 0.0646. The van der Waals surface area contributed by atoms with E-state index in [1.165, 1.54) is 107 Å². The van der Waals surface area contributed by atoms with Crippen LogP contribution in [0.4, 0.5) is 0 Å². The summed E-state index contributed by atoms with van der Waals surface area (Å²) in [7, 11) is -1.92. The number of halogens is 1. The molecule has 0 radical (unpaired) electrons. The molecule has 7 aliphatic carbocycles. The molecular weight excluding hydrogens is 1060 g/mol. The van der Waals surface area contributed by atoms with Gasteiger partial charge in [-0.3, -0.25) is 4.79 Å². The number of hydrogen-bond donors (Lipinski definition) is 1. The fourth-order valence-electron chi connectivity index (χ4n) is 12.2. The first-order chi connectivity index (χ1) is 37.1. The smallest absolute Gasteiger partial charge is 0.306 e. The van der Waals surface area contributed by atoms with Crippen molar-refractivity contribution in [3.8, 4) is 11.5 Å². The zero-order valence-electron chi connectivity index (χ0n) is 48.9. The van der Waals surface area contributed by atoms with Crippen LogP contribution in [0.3, 0.4) is 0 Å². The van der Waals surface area contributed by atoms with Gasteiger partial charge in [-0.15, -0.1) is 0 Å². The van der Waals surface area contributed by atoms with Crippen molar-refractivity contribution < 1.29 is 33.0 Å². The Labute approximate surface area is 478 Å². The van der Waals surface area contributed by atoms with Crippen LogP contribution in [0.15, 0.2) is 95.5 Å². The number of rotatable bonds is 11. The molecular formula is C68H89BrO7Si2. The van der Waals surface area contributed by atoms with Crippen molar-refractivity contribution in [3.05, 3.63) is 162 Å². The molecule has 3 saturated carbocycles. The fraction of sp³-hybridized carbons (Fsp3) is 0.544. The van der Waals surface area contributed by atoms with Crippen LogP contribution in [0.25, 0.3) is 0 Å². The second-order valence-corrected chi connectivity index (χ2v) is 37.2. The van der Waals surface area contributed by atoms with E-state index in [9.17, 15) is 9.90 Å². The number of fused-ring (bicyclic) bond motifs is 5. The van der Waals surface area contributed by atoms with E-state index >= 15 is 0 Å². The Morgan fingerprint density at radius 2 is 0.974 bits per heavy atom. The van der Waals surface area contributed by atoms with Gasteiger partial charge in [0.05, 0.1) is 38.4 Å². The minimum atomic E-state index is -1.67. The number of benzene rings is 5. The fourth-order valence-corrected chi connectivity index (χ4v) is 15.4. The molecule has 5 aromatic carbocycles. The van der Waals surface area contributed by atoms with Crippen LogP contribution in [0.2, 0.25) is 36.3 Å². The Kier molecular flexibility index (Phi) is 16.9. The Bertz CT molecular complexity index is 2960. The molecule has 7 nitrogen and oxygen atoms in total. The van der Waals surface area contributed by atoms with E-state index in [1.54, 1.807) is 16.7 Å². The molecule has 0 aromatic heterocycles. The molecule has 0 unspecified atom stereocenters. The van der Waals surface area contributed by atoms with Crippen molar-refractivity contribution in [1.82, 2.24) is 0 Å². The van der Waals surface area contributed by atoms with Gasteiger partial charge in [-0.05, 0) is 217 Å². The maximum Gasteiger partial charge on any atom is 0.306 e. The van der Waals surface area contributed by atoms with Crippen molar-refractivity contribution >= 4 is 38.5 Å². The van der Waals surface area contributed by atoms with E-state index in [2.05, 4.69) is 156 Å². The number of esters is 1. The van der Waals surface area contributed by atoms with Crippen molar-refractivity contribution in [2.45, 2.75) is 222 Å². The third-order valence-electron chi connectivity index (χ3n) is 19.3. The van der Waals surface area contributed by atoms with Crippen LogP contribution in [0.5, 0.6) is 11.5 Å².